The van der Waals surface area contributed by atoms with E-state index in [0.717, 1.165) is 37.9 Å². The number of amides is 3. The molecule has 1 aliphatic carbocycles. The van der Waals surface area contributed by atoms with Crippen LogP contribution >= 0.6 is 0 Å². The Hall–Kier alpha value is -2.65. The highest BCUT2D eigenvalue weighted by molar-refractivity contribution is 6.02. The third kappa shape index (κ3) is 5.11. The summed E-state index contributed by atoms with van der Waals surface area (Å²) in [6.45, 7) is 4.99. The maximum atomic E-state index is 14.2. The number of carbonyl (C=O) groups is 3. The Morgan fingerprint density at radius 3 is 2.48 bits per heavy atom. The number of carbonyl (C=O) groups excluding carboxylic acids is 3. The topological polar surface area (TPSA) is 117 Å². The van der Waals surface area contributed by atoms with Crippen molar-refractivity contribution in [2.45, 2.75) is 108 Å². The first-order valence-electron chi connectivity index (χ1n) is 15.3. The summed E-state index contributed by atoms with van der Waals surface area (Å²) in [4.78, 5) is 43.8. The van der Waals surface area contributed by atoms with E-state index in [9.17, 15) is 19.5 Å². The lowest BCUT2D eigenvalue weighted by Gasteiger charge is -2.35. The number of aliphatic hydroxyl groups is 1. The number of hydrogen-bond donors (Lipinski definition) is 3. The number of aliphatic hydroxyl groups excluding tert-OH is 1. The fourth-order valence-electron chi connectivity index (χ4n) is 7.78. The molecule has 1 aromatic rings. The van der Waals surface area contributed by atoms with Crippen LogP contribution in [0.15, 0.2) is 24.3 Å². The Morgan fingerprint density at radius 2 is 1.80 bits per heavy atom. The Kier molecular flexibility index (Phi) is 8.71. The van der Waals surface area contributed by atoms with Crippen molar-refractivity contribution in [2.24, 2.45) is 11.8 Å². The highest BCUT2D eigenvalue weighted by atomic mass is 16.5. The standard InChI is InChI=1S/C31H45N3O6/c1-3-30-17-18-31(40-30)25(24(30)27(36)32-22-13-15-23(16-14-22)39-4-2)29(38)34(19-9-6-10-20-35)26(31)28(37)33-21-11-7-5-8-12-21/h13-16,21,24-26,35H,3-12,17-20H2,1-2H3,(H,32,36)(H,33,37)/t24-,25-,26?,30+,31?/m0/s1. The molecule has 0 aromatic heterocycles. The fraction of sp³-hybridized carbons (Fsp3) is 0.710. The Balaban J connectivity index is 1.43. The monoisotopic (exact) mass is 555 g/mol. The number of fused-ring (bicyclic) bond motifs is 1. The second-order valence-corrected chi connectivity index (χ2v) is 11.9. The van der Waals surface area contributed by atoms with Crippen molar-refractivity contribution < 1.29 is 29.0 Å². The van der Waals surface area contributed by atoms with Crippen LogP contribution in [-0.2, 0) is 19.1 Å². The van der Waals surface area contributed by atoms with Gasteiger partial charge in [0, 0.05) is 24.9 Å². The van der Waals surface area contributed by atoms with Gasteiger partial charge < -0.3 is 30.1 Å². The van der Waals surface area contributed by atoms with E-state index in [1.54, 1.807) is 17.0 Å². The first-order chi connectivity index (χ1) is 19.4. The zero-order valence-electron chi connectivity index (χ0n) is 24.0. The van der Waals surface area contributed by atoms with Crippen molar-refractivity contribution in [3.8, 4) is 5.75 Å². The minimum atomic E-state index is -1.01. The van der Waals surface area contributed by atoms with E-state index in [0.29, 0.717) is 50.9 Å². The molecule has 3 saturated heterocycles. The molecule has 40 heavy (non-hydrogen) atoms. The van der Waals surface area contributed by atoms with Gasteiger partial charge in [0.05, 0.1) is 24.0 Å². The highest BCUT2D eigenvalue weighted by Crippen LogP contribution is 2.64. The predicted molar refractivity (Wildman–Crippen MR) is 151 cm³/mol. The van der Waals surface area contributed by atoms with Crippen molar-refractivity contribution in [2.75, 3.05) is 25.1 Å². The van der Waals surface area contributed by atoms with Crippen molar-refractivity contribution >= 4 is 23.4 Å². The number of hydrogen-bond acceptors (Lipinski definition) is 6. The number of ether oxygens (including phenoxy) is 2. The Labute approximate surface area is 237 Å². The summed E-state index contributed by atoms with van der Waals surface area (Å²) in [5, 5.41) is 15.6. The second-order valence-electron chi connectivity index (χ2n) is 11.9. The van der Waals surface area contributed by atoms with Gasteiger partial charge in [0.2, 0.25) is 17.7 Å². The molecular formula is C31H45N3O6. The molecule has 3 heterocycles. The number of likely N-dealkylation sites (tertiary alicyclic amines) is 1. The van der Waals surface area contributed by atoms with E-state index in [4.69, 9.17) is 9.47 Å². The molecule has 2 bridgehead atoms. The number of rotatable bonds is 12. The number of anilines is 1. The molecule has 3 aliphatic heterocycles. The molecule has 0 radical (unpaired) electrons. The Bertz CT molecular complexity index is 1070. The van der Waals surface area contributed by atoms with Crippen LogP contribution in [0.2, 0.25) is 0 Å². The van der Waals surface area contributed by atoms with Crippen molar-refractivity contribution in [3.63, 3.8) is 0 Å². The molecule has 3 N–H and O–H groups in total. The van der Waals surface area contributed by atoms with Gasteiger partial charge in [0.25, 0.3) is 0 Å². The number of benzene rings is 1. The van der Waals surface area contributed by atoms with Crippen LogP contribution in [0.4, 0.5) is 5.69 Å². The maximum Gasteiger partial charge on any atom is 0.246 e. The summed E-state index contributed by atoms with van der Waals surface area (Å²) in [5.74, 6) is -1.21. The molecular weight excluding hydrogens is 510 g/mol. The quantitative estimate of drug-likeness (QED) is 0.338. The third-order valence-corrected chi connectivity index (χ3v) is 9.65. The summed E-state index contributed by atoms with van der Waals surface area (Å²) in [6, 6.07) is 6.59. The average Bonchev–Trinajstić information content (AvgIpc) is 3.56. The normalized spacial score (nSPS) is 31.3. The number of nitrogens with one attached hydrogen (secondary N) is 2. The van der Waals surface area contributed by atoms with Gasteiger partial charge in [0.1, 0.15) is 17.4 Å². The smallest absolute Gasteiger partial charge is 0.246 e. The summed E-state index contributed by atoms with van der Waals surface area (Å²) in [5.41, 5.74) is -1.15. The molecule has 4 fully saturated rings. The van der Waals surface area contributed by atoms with Crippen LogP contribution in [0.1, 0.15) is 84.5 Å². The van der Waals surface area contributed by atoms with Gasteiger partial charge in [-0.3, -0.25) is 14.4 Å². The van der Waals surface area contributed by atoms with Crippen LogP contribution in [0, 0.1) is 11.8 Å². The van der Waals surface area contributed by atoms with Gasteiger partial charge in [0.15, 0.2) is 0 Å². The van der Waals surface area contributed by atoms with Gasteiger partial charge in [-0.15, -0.1) is 0 Å². The van der Waals surface area contributed by atoms with E-state index in [1.807, 2.05) is 26.0 Å². The molecule has 5 rings (SSSR count). The van der Waals surface area contributed by atoms with Crippen LogP contribution in [-0.4, -0.2) is 70.8 Å². The van der Waals surface area contributed by atoms with Crippen molar-refractivity contribution in [1.82, 2.24) is 10.2 Å². The van der Waals surface area contributed by atoms with Gasteiger partial charge in [-0.05, 0) is 82.6 Å². The molecule has 3 amide bonds. The fourth-order valence-corrected chi connectivity index (χ4v) is 7.78. The largest absolute Gasteiger partial charge is 0.494 e. The van der Waals surface area contributed by atoms with Gasteiger partial charge in [-0.2, -0.15) is 0 Å². The molecule has 1 aromatic carbocycles. The first kappa shape index (κ1) is 28.9. The molecule has 4 aliphatic rings. The van der Waals surface area contributed by atoms with E-state index < -0.39 is 29.1 Å². The second kappa shape index (κ2) is 12.1. The molecule has 2 unspecified atom stereocenters. The number of unbranched alkanes of at least 4 members (excludes halogenated alkanes) is 2. The summed E-state index contributed by atoms with van der Waals surface area (Å²) >= 11 is 0. The van der Waals surface area contributed by atoms with Gasteiger partial charge in [-0.1, -0.05) is 26.2 Å². The van der Waals surface area contributed by atoms with Crippen LogP contribution in [0.3, 0.4) is 0 Å². The summed E-state index contributed by atoms with van der Waals surface area (Å²) < 4.78 is 12.4. The van der Waals surface area contributed by atoms with Crippen LogP contribution < -0.4 is 15.4 Å². The highest BCUT2D eigenvalue weighted by Gasteiger charge is 2.78. The lowest BCUT2D eigenvalue weighted by molar-refractivity contribution is -0.147. The minimum absolute atomic E-state index is 0.0992. The molecule has 1 spiro atoms. The van der Waals surface area contributed by atoms with E-state index in [-0.39, 0.29) is 30.4 Å². The molecule has 9 heteroatoms. The lowest BCUT2D eigenvalue weighted by Crippen LogP contribution is -2.57. The van der Waals surface area contributed by atoms with Gasteiger partial charge in [-0.25, -0.2) is 0 Å². The minimum Gasteiger partial charge on any atom is -0.494 e. The maximum absolute atomic E-state index is 14.2. The average molecular weight is 556 g/mol. The van der Waals surface area contributed by atoms with E-state index in [1.165, 1.54) is 6.42 Å². The Morgan fingerprint density at radius 1 is 1.05 bits per heavy atom. The predicted octanol–water partition coefficient (Wildman–Crippen LogP) is 3.79. The molecule has 1 saturated carbocycles. The molecule has 9 nitrogen and oxygen atoms in total. The first-order valence-corrected chi connectivity index (χ1v) is 15.3. The van der Waals surface area contributed by atoms with Crippen molar-refractivity contribution in [1.29, 1.82) is 0 Å². The van der Waals surface area contributed by atoms with E-state index in [2.05, 4.69) is 10.6 Å². The molecule has 5 atom stereocenters. The zero-order valence-corrected chi connectivity index (χ0v) is 24.0. The molecule has 220 valence electrons. The third-order valence-electron chi connectivity index (χ3n) is 9.65. The van der Waals surface area contributed by atoms with Gasteiger partial charge >= 0.3 is 0 Å². The van der Waals surface area contributed by atoms with Crippen molar-refractivity contribution in [3.05, 3.63) is 24.3 Å². The summed E-state index contributed by atoms with van der Waals surface area (Å²) in [6.07, 6.45) is 9.18. The SMILES string of the molecule is CCOc1ccc(NC(=O)[C@@H]2[C@H]3C(=O)N(CCCCCO)C(C(=O)NC4CCCCC4)C34CC[C@@]2(CC)O4)cc1. The van der Waals surface area contributed by atoms with Crippen LogP contribution in [0.5, 0.6) is 5.75 Å². The lowest BCUT2D eigenvalue weighted by atomic mass is 9.65. The summed E-state index contributed by atoms with van der Waals surface area (Å²) in [7, 11) is 0. The van der Waals surface area contributed by atoms with Crippen LogP contribution in [0.25, 0.3) is 0 Å². The van der Waals surface area contributed by atoms with E-state index >= 15 is 0 Å². The zero-order chi connectivity index (χ0) is 28.3. The number of nitrogens with zero attached hydrogens (tertiary/aromatic N) is 1.